The van der Waals surface area contributed by atoms with Gasteiger partial charge in [-0.2, -0.15) is 0 Å². The highest BCUT2D eigenvalue weighted by Gasteiger charge is 2.59. The molecule has 0 aliphatic heterocycles. The van der Waals surface area contributed by atoms with Crippen molar-refractivity contribution in [1.29, 1.82) is 0 Å². The summed E-state index contributed by atoms with van der Waals surface area (Å²) in [5, 5.41) is 0. The van der Waals surface area contributed by atoms with Crippen LogP contribution in [0.25, 0.3) is 0 Å². The van der Waals surface area contributed by atoms with E-state index >= 15 is 0 Å². The molecule has 1 atom stereocenters. The second-order valence-corrected chi connectivity index (χ2v) is 9.73. The molecule has 2 heteroatoms. The second kappa shape index (κ2) is 5.77. The zero-order valence-corrected chi connectivity index (χ0v) is 15.8. The minimum atomic E-state index is -0.356. The van der Waals surface area contributed by atoms with Gasteiger partial charge in [0.2, 0.25) is 0 Å². The van der Waals surface area contributed by atoms with E-state index in [-0.39, 0.29) is 22.4 Å². The Balaban J connectivity index is 1.84. The van der Waals surface area contributed by atoms with Crippen molar-refractivity contribution in [1.82, 2.24) is 0 Å². The van der Waals surface area contributed by atoms with Gasteiger partial charge in [-0.1, -0.05) is 32.6 Å². The van der Waals surface area contributed by atoms with Gasteiger partial charge in [0, 0.05) is 5.41 Å². The van der Waals surface area contributed by atoms with Gasteiger partial charge in [0.15, 0.2) is 0 Å². The fourth-order valence-corrected chi connectivity index (χ4v) is 5.72. The molecule has 0 saturated heterocycles. The summed E-state index contributed by atoms with van der Waals surface area (Å²) < 4.78 is 6.34. The summed E-state index contributed by atoms with van der Waals surface area (Å²) >= 11 is 0. The van der Waals surface area contributed by atoms with E-state index in [1.165, 1.54) is 64.2 Å². The highest BCUT2D eigenvalue weighted by molar-refractivity contribution is 5.76. The van der Waals surface area contributed by atoms with Crippen LogP contribution in [0.4, 0.5) is 0 Å². The third kappa shape index (κ3) is 2.85. The number of rotatable bonds is 3. The topological polar surface area (TPSA) is 26.3 Å². The Morgan fingerprint density at radius 2 is 1.52 bits per heavy atom. The largest absolute Gasteiger partial charge is 0.458 e. The molecule has 0 aromatic carbocycles. The van der Waals surface area contributed by atoms with Gasteiger partial charge in [-0.05, 0) is 77.6 Å². The molecule has 3 saturated carbocycles. The van der Waals surface area contributed by atoms with Crippen molar-refractivity contribution in [2.24, 2.45) is 16.2 Å². The van der Waals surface area contributed by atoms with E-state index in [4.69, 9.17) is 4.74 Å². The Bertz CT molecular complexity index is 452. The summed E-state index contributed by atoms with van der Waals surface area (Å²) in [6.45, 7) is 8.41. The molecule has 0 aromatic heterocycles. The normalized spacial score (nSPS) is 32.5. The molecule has 0 amide bonds. The number of hydrogen-bond donors (Lipinski definition) is 0. The Kier molecular flexibility index (Phi) is 4.34. The summed E-state index contributed by atoms with van der Waals surface area (Å²) in [6.07, 6.45) is 15.3. The Morgan fingerprint density at radius 1 is 0.957 bits per heavy atom. The number of carbonyl (C=O) groups excluding carboxylic acids is 1. The maximum absolute atomic E-state index is 12.8. The predicted octanol–water partition coefficient (Wildman–Crippen LogP) is 6.03. The number of esters is 1. The van der Waals surface area contributed by atoms with Crippen molar-refractivity contribution < 1.29 is 9.53 Å². The third-order valence-corrected chi connectivity index (χ3v) is 7.95. The van der Waals surface area contributed by atoms with Crippen molar-refractivity contribution >= 4 is 5.97 Å². The molecule has 3 rings (SSSR count). The molecule has 0 N–H and O–H groups in total. The summed E-state index contributed by atoms with van der Waals surface area (Å²) in [5.41, 5.74) is 0.248. The van der Waals surface area contributed by atoms with Crippen LogP contribution in [0.2, 0.25) is 0 Å². The van der Waals surface area contributed by atoms with E-state index in [0.717, 1.165) is 12.8 Å². The molecule has 132 valence electrons. The monoisotopic (exact) mass is 320 g/mol. The number of carbonyl (C=O) groups is 1. The van der Waals surface area contributed by atoms with E-state index in [0.29, 0.717) is 5.41 Å². The molecule has 3 fully saturated rings. The molecule has 0 radical (unpaired) electrons. The molecule has 2 nitrogen and oxygen atoms in total. The predicted molar refractivity (Wildman–Crippen MR) is 94.2 cm³/mol. The van der Waals surface area contributed by atoms with Crippen LogP contribution in [0, 0.1) is 16.2 Å². The van der Waals surface area contributed by atoms with Crippen LogP contribution in [-0.4, -0.2) is 11.6 Å². The second-order valence-electron chi connectivity index (χ2n) is 9.73. The minimum Gasteiger partial charge on any atom is -0.458 e. The quantitative estimate of drug-likeness (QED) is 0.593. The van der Waals surface area contributed by atoms with Crippen LogP contribution >= 0.6 is 0 Å². The van der Waals surface area contributed by atoms with Crippen molar-refractivity contribution in [2.45, 2.75) is 110 Å². The van der Waals surface area contributed by atoms with Crippen LogP contribution in [-0.2, 0) is 9.53 Å². The summed E-state index contributed by atoms with van der Waals surface area (Å²) in [5.74, 6) is 0.0242. The Hall–Kier alpha value is -0.530. The molecule has 2 spiro atoms. The van der Waals surface area contributed by atoms with Crippen molar-refractivity contribution in [3.63, 3.8) is 0 Å². The summed E-state index contributed by atoms with van der Waals surface area (Å²) in [6, 6.07) is 0. The van der Waals surface area contributed by atoms with Crippen LogP contribution in [0.3, 0.4) is 0 Å². The van der Waals surface area contributed by atoms with Crippen LogP contribution in [0.15, 0.2) is 0 Å². The van der Waals surface area contributed by atoms with Gasteiger partial charge in [-0.15, -0.1) is 0 Å². The smallest absolute Gasteiger partial charge is 0.312 e. The first-order valence-corrected chi connectivity index (χ1v) is 10.0. The first-order chi connectivity index (χ1) is 10.8. The zero-order chi connectivity index (χ0) is 16.8. The standard InChI is InChI=1S/C21H36O2/c1-5-18(2,3)17(22)23-19(4)14-15-20(10-6-7-11-20)16-21(19)12-8-9-13-21/h5-16H2,1-4H3. The number of hydrogen-bond acceptors (Lipinski definition) is 2. The minimum absolute atomic E-state index is 0.0242. The average Bonchev–Trinajstić information content (AvgIpc) is 3.15. The molecular weight excluding hydrogens is 284 g/mol. The molecular formula is C21H36O2. The Morgan fingerprint density at radius 3 is 2.09 bits per heavy atom. The number of ether oxygens (including phenoxy) is 1. The fourth-order valence-electron chi connectivity index (χ4n) is 5.72. The van der Waals surface area contributed by atoms with E-state index < -0.39 is 0 Å². The fraction of sp³-hybridized carbons (Fsp3) is 0.952. The SMILES string of the molecule is CCC(C)(C)C(=O)OC1(C)CCC2(CCCC2)CC12CCCC2. The zero-order valence-electron chi connectivity index (χ0n) is 15.8. The van der Waals surface area contributed by atoms with Gasteiger partial charge in [-0.3, -0.25) is 4.79 Å². The molecule has 3 aliphatic rings. The summed E-state index contributed by atoms with van der Waals surface area (Å²) in [7, 11) is 0. The lowest BCUT2D eigenvalue weighted by Crippen LogP contribution is -2.55. The summed E-state index contributed by atoms with van der Waals surface area (Å²) in [4.78, 5) is 12.8. The lowest BCUT2D eigenvalue weighted by molar-refractivity contribution is -0.200. The highest BCUT2D eigenvalue weighted by atomic mass is 16.6. The van der Waals surface area contributed by atoms with Gasteiger partial charge in [-0.25, -0.2) is 0 Å². The van der Waals surface area contributed by atoms with E-state index in [2.05, 4.69) is 13.8 Å². The lowest BCUT2D eigenvalue weighted by Gasteiger charge is -2.56. The van der Waals surface area contributed by atoms with E-state index in [9.17, 15) is 4.79 Å². The molecule has 1 unspecified atom stereocenters. The van der Waals surface area contributed by atoms with Gasteiger partial charge >= 0.3 is 5.97 Å². The molecule has 0 heterocycles. The molecule has 23 heavy (non-hydrogen) atoms. The molecule has 0 aromatic rings. The first kappa shape index (κ1) is 17.3. The van der Waals surface area contributed by atoms with E-state index in [1.807, 2.05) is 13.8 Å². The van der Waals surface area contributed by atoms with Crippen LogP contribution in [0.5, 0.6) is 0 Å². The third-order valence-electron chi connectivity index (χ3n) is 7.95. The highest BCUT2D eigenvalue weighted by Crippen LogP contribution is 2.64. The van der Waals surface area contributed by atoms with Crippen molar-refractivity contribution in [3.05, 3.63) is 0 Å². The maximum Gasteiger partial charge on any atom is 0.312 e. The average molecular weight is 321 g/mol. The van der Waals surface area contributed by atoms with Gasteiger partial charge in [0.25, 0.3) is 0 Å². The lowest BCUT2D eigenvalue weighted by atomic mass is 9.54. The van der Waals surface area contributed by atoms with Gasteiger partial charge < -0.3 is 4.74 Å². The van der Waals surface area contributed by atoms with Crippen molar-refractivity contribution in [2.75, 3.05) is 0 Å². The molecule has 0 bridgehead atoms. The van der Waals surface area contributed by atoms with Crippen LogP contribution in [0.1, 0.15) is 105 Å². The first-order valence-electron chi connectivity index (χ1n) is 10.0. The van der Waals surface area contributed by atoms with E-state index in [1.54, 1.807) is 0 Å². The molecule has 3 aliphatic carbocycles. The Labute approximate surface area is 142 Å². The van der Waals surface area contributed by atoms with Gasteiger partial charge in [0.1, 0.15) is 5.60 Å². The van der Waals surface area contributed by atoms with Crippen molar-refractivity contribution in [3.8, 4) is 0 Å². The van der Waals surface area contributed by atoms with Crippen LogP contribution < -0.4 is 0 Å². The maximum atomic E-state index is 12.8. The van der Waals surface area contributed by atoms with Gasteiger partial charge in [0.05, 0.1) is 5.41 Å².